The lowest BCUT2D eigenvalue weighted by Gasteiger charge is -2.37. The fourth-order valence-corrected chi connectivity index (χ4v) is 4.71. The topological polar surface area (TPSA) is 47.6 Å². The molecule has 1 N–H and O–H groups in total. The molecule has 232 valence electrons. The van der Waals surface area contributed by atoms with Crippen molar-refractivity contribution < 1.29 is 53.8 Å². The molecule has 4 rings (SSSR count). The maximum absolute atomic E-state index is 13.7. The summed E-state index contributed by atoms with van der Waals surface area (Å²) in [6.07, 6.45) is -15.3. The SMILES string of the molecule is Cc1ccc(C(=O)NC(Cc2ccccc2)(c2cccc(OC(F)(F)F)c2)c2cccc(OC(F)(F)F)c2)cc1C(F)(F)F. The number of rotatable bonds is 8. The van der Waals surface area contributed by atoms with E-state index < -0.39 is 53.0 Å². The van der Waals surface area contributed by atoms with Crippen LogP contribution in [0.1, 0.15) is 38.2 Å². The standard InChI is InChI=1S/C31H22F9NO3/c1-19-13-14-21(15-26(19)29(32,33)34)27(42)41-28(18-20-7-3-2-4-8-20,22-9-5-11-24(16-22)43-30(35,36)37)23-10-6-12-25(17-23)44-31(38,39)40/h2-17H,18H2,1H3,(H,41,42). The minimum Gasteiger partial charge on any atom is -0.406 e. The van der Waals surface area contributed by atoms with Crippen molar-refractivity contribution in [3.05, 3.63) is 130 Å². The van der Waals surface area contributed by atoms with Gasteiger partial charge < -0.3 is 14.8 Å². The first-order chi connectivity index (χ1) is 20.5. The molecule has 0 spiro atoms. The van der Waals surface area contributed by atoms with Gasteiger partial charge in [-0.2, -0.15) is 13.2 Å². The average molecular weight is 628 g/mol. The fourth-order valence-electron chi connectivity index (χ4n) is 4.71. The maximum Gasteiger partial charge on any atom is 0.573 e. The Morgan fingerprint density at radius 3 is 1.66 bits per heavy atom. The molecule has 0 aliphatic carbocycles. The molecule has 0 unspecified atom stereocenters. The molecular weight excluding hydrogens is 605 g/mol. The summed E-state index contributed by atoms with van der Waals surface area (Å²) >= 11 is 0. The molecular formula is C31H22F9NO3. The first-order valence-corrected chi connectivity index (χ1v) is 12.7. The first-order valence-electron chi connectivity index (χ1n) is 12.7. The predicted octanol–water partition coefficient (Wildman–Crippen LogP) is 8.73. The Kier molecular flexibility index (Phi) is 8.89. The Labute approximate surface area is 245 Å². The highest BCUT2D eigenvalue weighted by Crippen LogP contribution is 2.39. The van der Waals surface area contributed by atoms with Crippen molar-refractivity contribution >= 4 is 5.91 Å². The smallest absolute Gasteiger partial charge is 0.406 e. The van der Waals surface area contributed by atoms with E-state index in [4.69, 9.17) is 0 Å². The van der Waals surface area contributed by atoms with Gasteiger partial charge in [-0.05, 0) is 65.6 Å². The van der Waals surface area contributed by atoms with Gasteiger partial charge in [0.05, 0.1) is 11.1 Å². The minimum absolute atomic E-state index is 0.0798. The molecule has 0 bridgehead atoms. The van der Waals surface area contributed by atoms with Crippen molar-refractivity contribution in [1.82, 2.24) is 5.32 Å². The number of halogens is 9. The number of hydrogen-bond donors (Lipinski definition) is 1. The molecule has 4 aromatic carbocycles. The molecule has 1 amide bonds. The molecule has 0 aromatic heterocycles. The van der Waals surface area contributed by atoms with Crippen LogP contribution in [0.15, 0.2) is 97.1 Å². The van der Waals surface area contributed by atoms with Crippen LogP contribution in [-0.4, -0.2) is 18.6 Å². The van der Waals surface area contributed by atoms with Crippen LogP contribution >= 0.6 is 0 Å². The monoisotopic (exact) mass is 627 g/mol. The van der Waals surface area contributed by atoms with E-state index in [2.05, 4.69) is 14.8 Å². The largest absolute Gasteiger partial charge is 0.573 e. The summed E-state index contributed by atoms with van der Waals surface area (Å²) < 4.78 is 128. The van der Waals surface area contributed by atoms with Gasteiger partial charge in [0.15, 0.2) is 0 Å². The van der Waals surface area contributed by atoms with E-state index in [9.17, 15) is 44.3 Å². The van der Waals surface area contributed by atoms with Crippen LogP contribution in [0.5, 0.6) is 11.5 Å². The van der Waals surface area contributed by atoms with Crippen LogP contribution < -0.4 is 14.8 Å². The van der Waals surface area contributed by atoms with Crippen molar-refractivity contribution in [2.45, 2.75) is 37.8 Å². The van der Waals surface area contributed by atoms with Crippen LogP contribution in [0, 0.1) is 6.92 Å². The first kappa shape index (κ1) is 32.2. The van der Waals surface area contributed by atoms with Gasteiger partial charge in [0.1, 0.15) is 11.5 Å². The molecule has 4 nitrogen and oxygen atoms in total. The summed E-state index contributed by atoms with van der Waals surface area (Å²) in [6, 6.07) is 19.7. The normalized spacial score (nSPS) is 12.5. The number of nitrogens with one attached hydrogen (secondary N) is 1. The molecule has 0 atom stereocenters. The van der Waals surface area contributed by atoms with Crippen molar-refractivity contribution in [3.63, 3.8) is 0 Å². The number of carbonyl (C=O) groups is 1. The summed E-state index contributed by atoms with van der Waals surface area (Å²) in [7, 11) is 0. The Bertz CT molecular complexity index is 1550. The number of carbonyl (C=O) groups excluding carboxylic acids is 1. The molecule has 0 heterocycles. The Morgan fingerprint density at radius 2 is 1.18 bits per heavy atom. The van der Waals surface area contributed by atoms with Gasteiger partial charge in [-0.15, -0.1) is 26.3 Å². The molecule has 0 saturated heterocycles. The number of amides is 1. The fraction of sp³-hybridized carbons (Fsp3) is 0.194. The minimum atomic E-state index is -5.11. The van der Waals surface area contributed by atoms with Crippen molar-refractivity contribution in [3.8, 4) is 11.5 Å². The van der Waals surface area contributed by atoms with Gasteiger partial charge in [0.25, 0.3) is 5.91 Å². The molecule has 44 heavy (non-hydrogen) atoms. The molecule has 4 aromatic rings. The molecule has 0 radical (unpaired) electrons. The van der Waals surface area contributed by atoms with Gasteiger partial charge in [0.2, 0.25) is 0 Å². The second kappa shape index (κ2) is 12.1. The number of hydrogen-bond acceptors (Lipinski definition) is 3. The Morgan fingerprint density at radius 1 is 0.659 bits per heavy atom. The number of alkyl halides is 9. The second-order valence-corrected chi connectivity index (χ2v) is 9.70. The van der Waals surface area contributed by atoms with Crippen molar-refractivity contribution in [2.75, 3.05) is 0 Å². The van der Waals surface area contributed by atoms with Gasteiger partial charge in [-0.1, -0.05) is 60.7 Å². The lowest BCUT2D eigenvalue weighted by molar-refractivity contribution is -0.275. The summed E-state index contributed by atoms with van der Waals surface area (Å²) in [5.41, 5.74) is -3.37. The number of aryl methyl sites for hydroxylation is 1. The van der Waals surface area contributed by atoms with Gasteiger partial charge in [0, 0.05) is 12.0 Å². The zero-order valence-corrected chi connectivity index (χ0v) is 22.6. The van der Waals surface area contributed by atoms with Crippen molar-refractivity contribution in [2.24, 2.45) is 0 Å². The van der Waals surface area contributed by atoms with Crippen LogP contribution in [0.25, 0.3) is 0 Å². The van der Waals surface area contributed by atoms with E-state index in [1.807, 2.05) is 0 Å². The van der Waals surface area contributed by atoms with Gasteiger partial charge in [-0.25, -0.2) is 0 Å². The predicted molar refractivity (Wildman–Crippen MR) is 141 cm³/mol. The zero-order valence-electron chi connectivity index (χ0n) is 22.6. The summed E-state index contributed by atoms with van der Waals surface area (Å²) in [6.45, 7) is 1.20. The van der Waals surface area contributed by atoms with Crippen LogP contribution in [0.2, 0.25) is 0 Å². The van der Waals surface area contributed by atoms with E-state index in [-0.39, 0.29) is 23.1 Å². The molecule has 0 fully saturated rings. The maximum atomic E-state index is 13.7. The van der Waals surface area contributed by atoms with Crippen LogP contribution in [0.4, 0.5) is 39.5 Å². The molecule has 0 saturated carbocycles. The summed E-state index contributed by atoms with van der Waals surface area (Å²) in [5, 5.41) is 2.63. The van der Waals surface area contributed by atoms with E-state index in [1.54, 1.807) is 30.3 Å². The highest BCUT2D eigenvalue weighted by Gasteiger charge is 2.40. The van der Waals surface area contributed by atoms with Gasteiger partial charge >= 0.3 is 18.9 Å². The summed E-state index contributed by atoms with van der Waals surface area (Å²) in [4.78, 5) is 13.7. The highest BCUT2D eigenvalue weighted by molar-refractivity contribution is 5.95. The third kappa shape index (κ3) is 8.03. The third-order valence-electron chi connectivity index (χ3n) is 6.57. The second-order valence-electron chi connectivity index (χ2n) is 9.70. The molecule has 13 heteroatoms. The lowest BCUT2D eigenvalue weighted by atomic mass is 9.77. The number of benzene rings is 4. The van der Waals surface area contributed by atoms with Gasteiger partial charge in [-0.3, -0.25) is 4.79 Å². The van der Waals surface area contributed by atoms with E-state index in [0.29, 0.717) is 11.6 Å². The average Bonchev–Trinajstić information content (AvgIpc) is 2.91. The van der Waals surface area contributed by atoms with E-state index in [0.717, 1.165) is 36.4 Å². The lowest BCUT2D eigenvalue weighted by Crippen LogP contribution is -2.48. The molecule has 0 aliphatic heterocycles. The Balaban J connectivity index is 1.96. The van der Waals surface area contributed by atoms with E-state index in [1.165, 1.54) is 31.2 Å². The van der Waals surface area contributed by atoms with E-state index >= 15 is 0 Å². The van der Waals surface area contributed by atoms with Crippen LogP contribution in [-0.2, 0) is 18.1 Å². The zero-order chi connectivity index (χ0) is 32.3. The third-order valence-corrected chi connectivity index (χ3v) is 6.57. The molecule has 0 aliphatic rings. The highest BCUT2D eigenvalue weighted by atomic mass is 19.4. The van der Waals surface area contributed by atoms with Crippen LogP contribution in [0.3, 0.4) is 0 Å². The van der Waals surface area contributed by atoms with Crippen molar-refractivity contribution in [1.29, 1.82) is 0 Å². The summed E-state index contributed by atoms with van der Waals surface area (Å²) in [5.74, 6) is -2.51. The Hall–Kier alpha value is -4.68. The number of ether oxygens (including phenoxy) is 2. The quantitative estimate of drug-likeness (QED) is 0.199.